The van der Waals surface area contributed by atoms with E-state index in [1.54, 1.807) is 12.3 Å². The second-order valence-electron chi connectivity index (χ2n) is 6.79. The van der Waals surface area contributed by atoms with Crippen molar-refractivity contribution in [1.29, 1.82) is 0 Å². The monoisotopic (exact) mass is 431 g/mol. The van der Waals surface area contributed by atoms with E-state index in [1.165, 1.54) is 0 Å². The first kappa shape index (κ1) is 19.8. The molecule has 5 rings (SSSR count). The number of phenols is 1. The molecule has 0 aliphatic carbocycles. The minimum absolute atomic E-state index is 0. The maximum absolute atomic E-state index is 10.4. The van der Waals surface area contributed by atoms with Gasteiger partial charge in [0.25, 0.3) is 0 Å². The van der Waals surface area contributed by atoms with Gasteiger partial charge in [-0.2, -0.15) is 0 Å². The van der Waals surface area contributed by atoms with Gasteiger partial charge in [0.15, 0.2) is 0 Å². The van der Waals surface area contributed by atoms with E-state index in [2.05, 4.69) is 23.2 Å². The second-order valence-corrected chi connectivity index (χ2v) is 6.79. The number of aromatic nitrogens is 2. The van der Waals surface area contributed by atoms with Crippen LogP contribution in [-0.2, 0) is 16.5 Å². The number of hydrogen-bond acceptors (Lipinski definition) is 3. The van der Waals surface area contributed by atoms with Crippen LogP contribution in [0.4, 0.5) is 0 Å². The molecule has 3 aromatic carbocycles. The van der Waals surface area contributed by atoms with Gasteiger partial charge in [0.1, 0.15) is 5.75 Å². The van der Waals surface area contributed by atoms with Crippen LogP contribution in [-0.4, -0.2) is 15.1 Å². The number of rotatable bonds is 3. The third-order valence-electron chi connectivity index (χ3n) is 4.91. The van der Waals surface area contributed by atoms with Crippen LogP contribution in [0.2, 0.25) is 0 Å². The molecule has 2 aromatic heterocycles. The van der Waals surface area contributed by atoms with Crippen molar-refractivity contribution < 1.29 is 21.6 Å². The van der Waals surface area contributed by atoms with E-state index in [4.69, 9.17) is 4.98 Å². The van der Waals surface area contributed by atoms with Gasteiger partial charge < -0.3 is 5.11 Å². The summed E-state index contributed by atoms with van der Waals surface area (Å²) in [6.07, 6.45) is 1.78. The number of nitrogens with zero attached hydrogens (tertiary/aromatic N) is 2. The van der Waals surface area contributed by atoms with Crippen LogP contribution in [0.25, 0.3) is 44.5 Å². The minimum atomic E-state index is 0. The second kappa shape index (κ2) is 8.48. The van der Waals surface area contributed by atoms with Gasteiger partial charge in [0.05, 0.1) is 5.69 Å². The van der Waals surface area contributed by atoms with Gasteiger partial charge in [-0.05, 0) is 23.6 Å². The Morgan fingerprint density at radius 1 is 0.700 bits per heavy atom. The SMILES string of the molecule is Oc1ccccc1-c1nc(-c2[c-]c(-c3ccccn3)ccc2)cc2ccccc12.[Ni]. The Morgan fingerprint density at radius 3 is 2.23 bits per heavy atom. The van der Waals surface area contributed by atoms with Crippen molar-refractivity contribution in [1.82, 2.24) is 9.97 Å². The zero-order chi connectivity index (χ0) is 19.6. The summed E-state index contributed by atoms with van der Waals surface area (Å²) < 4.78 is 0. The van der Waals surface area contributed by atoms with E-state index in [-0.39, 0.29) is 22.2 Å². The standard InChI is InChI=1S/C26H17N2O.Ni/c29-25-14-4-3-12-22(25)26-21-11-2-1-8-18(21)17-24(28-26)20-10-7-9-19(16-20)23-13-5-6-15-27-23;/h1-15,17,29H;/q-1;. The van der Waals surface area contributed by atoms with Crippen LogP contribution in [0.5, 0.6) is 5.75 Å². The van der Waals surface area contributed by atoms with Crippen molar-refractivity contribution in [2.45, 2.75) is 0 Å². The van der Waals surface area contributed by atoms with Crippen LogP contribution in [0.15, 0.2) is 97.2 Å². The molecule has 0 atom stereocenters. The number of hydrogen-bond donors (Lipinski definition) is 1. The molecule has 0 bridgehead atoms. The Kier molecular flexibility index (Phi) is 5.60. The molecule has 148 valence electrons. The Balaban J connectivity index is 0.00000218. The molecule has 0 aliphatic rings. The predicted molar refractivity (Wildman–Crippen MR) is 116 cm³/mol. The molecule has 0 saturated heterocycles. The first-order valence-electron chi connectivity index (χ1n) is 9.42. The van der Waals surface area contributed by atoms with Crippen molar-refractivity contribution in [3.8, 4) is 39.5 Å². The quantitative estimate of drug-likeness (QED) is 0.276. The summed E-state index contributed by atoms with van der Waals surface area (Å²) in [6, 6.07) is 32.7. The molecule has 5 aromatic rings. The summed E-state index contributed by atoms with van der Waals surface area (Å²) in [4.78, 5) is 9.35. The number of benzene rings is 3. The van der Waals surface area contributed by atoms with Crippen molar-refractivity contribution in [3.05, 3.63) is 103 Å². The Labute approximate surface area is 185 Å². The summed E-state index contributed by atoms with van der Waals surface area (Å²) in [5.41, 5.74) is 4.95. The van der Waals surface area contributed by atoms with E-state index in [0.717, 1.165) is 39.0 Å². The summed E-state index contributed by atoms with van der Waals surface area (Å²) >= 11 is 0. The van der Waals surface area contributed by atoms with Gasteiger partial charge in [0, 0.05) is 45.0 Å². The molecule has 0 aliphatic heterocycles. The molecule has 4 heteroatoms. The first-order chi connectivity index (χ1) is 14.3. The molecule has 0 spiro atoms. The third-order valence-corrected chi connectivity index (χ3v) is 4.91. The molecule has 1 N–H and O–H groups in total. The molecule has 0 fully saturated rings. The maximum Gasteiger partial charge on any atom is 0.124 e. The number of aromatic hydroxyl groups is 1. The molecule has 0 saturated carbocycles. The molecule has 0 radical (unpaired) electrons. The molecule has 2 heterocycles. The first-order valence-corrected chi connectivity index (χ1v) is 9.42. The van der Waals surface area contributed by atoms with Gasteiger partial charge in [-0.1, -0.05) is 65.7 Å². The fraction of sp³-hybridized carbons (Fsp3) is 0. The van der Waals surface area contributed by atoms with Gasteiger partial charge in [-0.3, -0.25) is 9.97 Å². The summed E-state index contributed by atoms with van der Waals surface area (Å²) in [5, 5.41) is 12.5. The van der Waals surface area contributed by atoms with E-state index in [9.17, 15) is 5.11 Å². The van der Waals surface area contributed by atoms with E-state index < -0.39 is 0 Å². The Hall–Kier alpha value is -3.49. The molecule has 0 unspecified atom stereocenters. The maximum atomic E-state index is 10.4. The largest absolute Gasteiger partial charge is 0.507 e. The van der Waals surface area contributed by atoms with Crippen molar-refractivity contribution >= 4 is 10.8 Å². The number of fused-ring (bicyclic) bond motifs is 1. The Bertz CT molecular complexity index is 1320. The number of pyridine rings is 2. The number of phenolic OH excluding ortho intramolecular Hbond substituents is 1. The molecular weight excluding hydrogens is 415 g/mol. The normalized spacial score (nSPS) is 10.5. The molecule has 0 amide bonds. The fourth-order valence-electron chi connectivity index (χ4n) is 3.51. The van der Waals surface area contributed by atoms with Crippen LogP contribution in [0, 0.1) is 6.07 Å². The molecule has 3 nitrogen and oxygen atoms in total. The van der Waals surface area contributed by atoms with Gasteiger partial charge in [-0.25, -0.2) is 0 Å². The molecular formula is C26H17N2NiO-. The summed E-state index contributed by atoms with van der Waals surface area (Å²) in [6.45, 7) is 0. The van der Waals surface area contributed by atoms with E-state index >= 15 is 0 Å². The Morgan fingerprint density at radius 2 is 1.43 bits per heavy atom. The van der Waals surface area contributed by atoms with E-state index in [0.29, 0.717) is 5.56 Å². The average Bonchev–Trinajstić information content (AvgIpc) is 2.79. The minimum Gasteiger partial charge on any atom is -0.507 e. The smallest absolute Gasteiger partial charge is 0.124 e. The summed E-state index contributed by atoms with van der Waals surface area (Å²) in [5.74, 6) is 0.216. The molecule has 30 heavy (non-hydrogen) atoms. The van der Waals surface area contributed by atoms with Crippen LogP contribution >= 0.6 is 0 Å². The van der Waals surface area contributed by atoms with Crippen molar-refractivity contribution in [3.63, 3.8) is 0 Å². The van der Waals surface area contributed by atoms with Crippen molar-refractivity contribution in [2.75, 3.05) is 0 Å². The predicted octanol–water partition coefficient (Wildman–Crippen LogP) is 6.13. The van der Waals surface area contributed by atoms with Crippen molar-refractivity contribution in [2.24, 2.45) is 0 Å². The summed E-state index contributed by atoms with van der Waals surface area (Å²) in [7, 11) is 0. The third kappa shape index (κ3) is 3.70. The van der Waals surface area contributed by atoms with Crippen LogP contribution in [0.3, 0.4) is 0 Å². The zero-order valence-corrected chi connectivity index (χ0v) is 16.9. The van der Waals surface area contributed by atoms with Gasteiger partial charge >= 0.3 is 0 Å². The number of para-hydroxylation sites is 1. The average molecular weight is 432 g/mol. The van der Waals surface area contributed by atoms with Gasteiger partial charge in [-0.15, -0.1) is 24.3 Å². The van der Waals surface area contributed by atoms with E-state index in [1.807, 2.05) is 72.8 Å². The topological polar surface area (TPSA) is 46.0 Å². The zero-order valence-electron chi connectivity index (χ0n) is 15.9. The fourth-order valence-corrected chi connectivity index (χ4v) is 3.51. The van der Waals surface area contributed by atoms with Crippen LogP contribution in [0.1, 0.15) is 0 Å². The van der Waals surface area contributed by atoms with Gasteiger partial charge in [0.2, 0.25) is 0 Å². The van der Waals surface area contributed by atoms with Crippen LogP contribution < -0.4 is 0 Å².